The van der Waals surface area contributed by atoms with Crippen molar-refractivity contribution in [1.29, 1.82) is 0 Å². The molecule has 7 aromatic carbocycles. The predicted octanol–water partition coefficient (Wildman–Crippen LogP) is 12.3. The minimum Gasteiger partial charge on any atom is -0.238 e. The van der Waals surface area contributed by atoms with E-state index in [4.69, 9.17) is 16.5 Å². The summed E-state index contributed by atoms with van der Waals surface area (Å²) >= 11 is 0. The summed E-state index contributed by atoms with van der Waals surface area (Å²) in [7, 11) is 0. The lowest BCUT2D eigenvalue weighted by atomic mass is 9.82. The van der Waals surface area contributed by atoms with Crippen molar-refractivity contribution in [2.24, 2.45) is 0 Å². The highest BCUT2D eigenvalue weighted by Crippen LogP contribution is 2.50. The van der Waals surface area contributed by atoms with Gasteiger partial charge in [0.1, 0.15) is 0 Å². The lowest BCUT2D eigenvalue weighted by Gasteiger charge is -2.21. The van der Waals surface area contributed by atoms with E-state index in [1.165, 1.54) is 44.0 Å². The van der Waals surface area contributed by atoms with Crippen molar-refractivity contribution in [3.05, 3.63) is 174 Å². The Morgan fingerprint density at radius 1 is 0.449 bits per heavy atom. The molecule has 1 aliphatic carbocycles. The molecule has 0 saturated carbocycles. The largest absolute Gasteiger partial charge is 0.238 e. The summed E-state index contributed by atoms with van der Waals surface area (Å²) in [5.74, 6) is 0.705. The van der Waals surface area contributed by atoms with E-state index in [0.717, 1.165) is 39.0 Å². The number of aromatic nitrogens is 2. The fourth-order valence-electron chi connectivity index (χ4n) is 7.37. The van der Waals surface area contributed by atoms with Crippen LogP contribution in [0.2, 0.25) is 0 Å². The Kier molecular flexibility index (Phi) is 6.54. The first kappa shape index (κ1) is 28.8. The molecule has 0 radical (unpaired) electrons. The third-order valence-corrected chi connectivity index (χ3v) is 10.1. The summed E-state index contributed by atoms with van der Waals surface area (Å²) in [5, 5.41) is 4.75. The van der Waals surface area contributed by atoms with E-state index in [1.807, 2.05) is 6.07 Å². The van der Waals surface area contributed by atoms with E-state index in [9.17, 15) is 0 Å². The summed E-state index contributed by atoms with van der Waals surface area (Å²) in [5.41, 5.74) is 12.7. The van der Waals surface area contributed by atoms with Gasteiger partial charge in [0.25, 0.3) is 0 Å². The van der Waals surface area contributed by atoms with Crippen LogP contribution >= 0.6 is 0 Å². The maximum absolute atomic E-state index is 7.51. The van der Waals surface area contributed by atoms with Crippen molar-refractivity contribution < 1.29 is 0 Å². The van der Waals surface area contributed by atoms with E-state index >= 15 is 0 Å². The zero-order valence-electron chi connectivity index (χ0n) is 27.3. The summed E-state index contributed by atoms with van der Waals surface area (Å²) < 4.78 is 0. The van der Waals surface area contributed by atoms with Crippen molar-refractivity contribution in [3.8, 4) is 56.2 Å². The van der Waals surface area contributed by atoms with Gasteiger partial charge in [-0.2, -0.15) is 0 Å². The third kappa shape index (κ3) is 4.89. The van der Waals surface area contributed by atoms with Gasteiger partial charge < -0.3 is 0 Å². The SMILES string of the molecule is [C-]#[N+]c1ccc2c(c1)C(C)(C)c1ccc(-c3ccc(-c4cc(-c5ccc6ccccc6c5)nc(-c5ccc6ccccc6c5)n4)cc3)cc1-2. The van der Waals surface area contributed by atoms with Crippen LogP contribution in [0, 0.1) is 6.57 Å². The summed E-state index contributed by atoms with van der Waals surface area (Å²) in [6.45, 7) is 12.0. The molecule has 0 N–H and O–H groups in total. The first-order valence-corrected chi connectivity index (χ1v) is 16.6. The summed E-state index contributed by atoms with van der Waals surface area (Å²) in [6, 6.07) is 53.5. The highest BCUT2D eigenvalue weighted by atomic mass is 14.9. The Morgan fingerprint density at radius 3 is 1.71 bits per heavy atom. The van der Waals surface area contributed by atoms with E-state index in [-0.39, 0.29) is 5.41 Å². The van der Waals surface area contributed by atoms with Gasteiger partial charge in [0.2, 0.25) is 0 Å². The van der Waals surface area contributed by atoms with Crippen LogP contribution in [-0.2, 0) is 5.41 Å². The smallest absolute Gasteiger partial charge is 0.187 e. The fraction of sp³-hybridized carbons (Fsp3) is 0.0652. The van der Waals surface area contributed by atoms with Gasteiger partial charge in [0, 0.05) is 22.1 Å². The number of hydrogen-bond acceptors (Lipinski definition) is 2. The van der Waals surface area contributed by atoms with Crippen LogP contribution in [0.25, 0.3) is 82.5 Å². The minimum atomic E-state index is -0.147. The van der Waals surface area contributed by atoms with Crippen LogP contribution in [0.4, 0.5) is 5.69 Å². The summed E-state index contributed by atoms with van der Waals surface area (Å²) in [4.78, 5) is 14.0. The molecule has 0 amide bonds. The van der Waals surface area contributed by atoms with Gasteiger partial charge in [-0.15, -0.1) is 0 Å². The van der Waals surface area contributed by atoms with Gasteiger partial charge in [-0.05, 0) is 79.2 Å². The normalized spacial score (nSPS) is 12.8. The van der Waals surface area contributed by atoms with Gasteiger partial charge in [-0.1, -0.05) is 141 Å². The molecule has 49 heavy (non-hydrogen) atoms. The molecule has 230 valence electrons. The molecule has 1 aliphatic rings. The molecule has 0 bridgehead atoms. The van der Waals surface area contributed by atoms with E-state index in [2.05, 4.69) is 164 Å². The monoisotopic (exact) mass is 625 g/mol. The van der Waals surface area contributed by atoms with E-state index < -0.39 is 0 Å². The second kappa shape index (κ2) is 11.1. The molecule has 0 aliphatic heterocycles. The molecule has 1 aromatic heterocycles. The first-order chi connectivity index (χ1) is 23.9. The molecule has 8 aromatic rings. The molecule has 3 nitrogen and oxygen atoms in total. The maximum Gasteiger partial charge on any atom is 0.187 e. The second-order valence-corrected chi connectivity index (χ2v) is 13.4. The molecule has 0 fully saturated rings. The molecule has 0 saturated heterocycles. The van der Waals surface area contributed by atoms with Gasteiger partial charge in [-0.25, -0.2) is 14.8 Å². The van der Waals surface area contributed by atoms with Crippen molar-refractivity contribution in [3.63, 3.8) is 0 Å². The lowest BCUT2D eigenvalue weighted by Crippen LogP contribution is -2.14. The number of nitrogens with zero attached hydrogens (tertiary/aromatic N) is 3. The van der Waals surface area contributed by atoms with Gasteiger partial charge in [0.15, 0.2) is 11.5 Å². The predicted molar refractivity (Wildman–Crippen MR) is 203 cm³/mol. The van der Waals surface area contributed by atoms with Gasteiger partial charge in [0.05, 0.1) is 18.0 Å². The first-order valence-electron chi connectivity index (χ1n) is 16.6. The second-order valence-electron chi connectivity index (χ2n) is 13.4. The number of benzene rings is 7. The van der Waals surface area contributed by atoms with Crippen LogP contribution in [0.1, 0.15) is 25.0 Å². The Balaban J connectivity index is 1.13. The number of fused-ring (bicyclic) bond motifs is 5. The maximum atomic E-state index is 7.51. The highest BCUT2D eigenvalue weighted by Gasteiger charge is 2.35. The highest BCUT2D eigenvalue weighted by molar-refractivity contribution is 5.90. The van der Waals surface area contributed by atoms with Crippen LogP contribution in [0.3, 0.4) is 0 Å². The van der Waals surface area contributed by atoms with Gasteiger partial charge >= 0.3 is 0 Å². The molecule has 0 spiro atoms. The lowest BCUT2D eigenvalue weighted by molar-refractivity contribution is 0.661. The standard InChI is InChI=1S/C46H31N3/c1-46(2)41-23-20-35(26-40(41)39-22-21-38(47-3)27-42(39)46)31-12-16-32(17-13-31)43-28-44(36-18-14-29-8-4-6-10-33(29)24-36)49-45(48-43)37-19-15-30-9-5-7-11-34(30)25-37/h4-28H,1-2H3. The molecule has 3 heteroatoms. The Hall–Kier alpha value is -6.37. The quantitative estimate of drug-likeness (QED) is 0.182. The zero-order valence-corrected chi connectivity index (χ0v) is 27.3. The molecule has 9 rings (SSSR count). The molecule has 0 unspecified atom stereocenters. The average Bonchev–Trinajstić information content (AvgIpc) is 3.39. The topological polar surface area (TPSA) is 30.1 Å². The van der Waals surface area contributed by atoms with Crippen molar-refractivity contribution in [2.75, 3.05) is 0 Å². The van der Waals surface area contributed by atoms with E-state index in [0.29, 0.717) is 11.5 Å². The van der Waals surface area contributed by atoms with Crippen molar-refractivity contribution >= 4 is 27.2 Å². The number of rotatable bonds is 4. The van der Waals surface area contributed by atoms with Crippen molar-refractivity contribution in [2.45, 2.75) is 19.3 Å². The molecule has 0 atom stereocenters. The van der Waals surface area contributed by atoms with Crippen LogP contribution < -0.4 is 0 Å². The van der Waals surface area contributed by atoms with Crippen LogP contribution in [0.5, 0.6) is 0 Å². The Labute approximate surface area is 286 Å². The van der Waals surface area contributed by atoms with Crippen molar-refractivity contribution in [1.82, 2.24) is 9.97 Å². The third-order valence-electron chi connectivity index (χ3n) is 10.1. The number of hydrogen-bond donors (Lipinski definition) is 0. The Morgan fingerprint density at radius 2 is 1.02 bits per heavy atom. The minimum absolute atomic E-state index is 0.147. The Bertz CT molecular complexity index is 2540. The van der Waals surface area contributed by atoms with E-state index in [1.54, 1.807) is 0 Å². The average molecular weight is 626 g/mol. The van der Waals surface area contributed by atoms with Crippen LogP contribution in [-0.4, -0.2) is 9.97 Å². The fourth-order valence-corrected chi connectivity index (χ4v) is 7.37. The molecular formula is C46H31N3. The molecular weight excluding hydrogens is 595 g/mol. The summed E-state index contributed by atoms with van der Waals surface area (Å²) in [6.07, 6.45) is 0. The zero-order chi connectivity index (χ0) is 33.1. The molecule has 1 heterocycles. The van der Waals surface area contributed by atoms with Gasteiger partial charge in [-0.3, -0.25) is 0 Å². The van der Waals surface area contributed by atoms with Crippen LogP contribution in [0.15, 0.2) is 152 Å².